The van der Waals surface area contributed by atoms with Gasteiger partial charge in [0.2, 0.25) is 0 Å². The van der Waals surface area contributed by atoms with E-state index in [-0.39, 0.29) is 24.5 Å². The predicted molar refractivity (Wildman–Crippen MR) is 95.6 cm³/mol. The van der Waals surface area contributed by atoms with Crippen molar-refractivity contribution in [3.63, 3.8) is 0 Å². The molecule has 0 spiro atoms. The van der Waals surface area contributed by atoms with Gasteiger partial charge in [0.1, 0.15) is 11.4 Å². The van der Waals surface area contributed by atoms with Gasteiger partial charge in [-0.2, -0.15) is 13.2 Å². The number of halogens is 4. The van der Waals surface area contributed by atoms with Crippen LogP contribution in [0.2, 0.25) is 0 Å². The van der Waals surface area contributed by atoms with E-state index in [9.17, 15) is 27.2 Å². The van der Waals surface area contributed by atoms with E-state index in [4.69, 9.17) is 0 Å². The summed E-state index contributed by atoms with van der Waals surface area (Å²) in [4.78, 5) is 30.6. The van der Waals surface area contributed by atoms with Crippen molar-refractivity contribution in [3.8, 4) is 5.69 Å². The average Bonchev–Trinajstić information content (AvgIpc) is 3.08. The van der Waals surface area contributed by atoms with Gasteiger partial charge in [-0.15, -0.1) is 0 Å². The Labute approximate surface area is 161 Å². The summed E-state index contributed by atoms with van der Waals surface area (Å²) in [5, 5.41) is 0. The van der Waals surface area contributed by atoms with E-state index in [0.29, 0.717) is 11.8 Å². The van der Waals surface area contributed by atoms with E-state index in [2.05, 4.69) is 4.98 Å². The van der Waals surface area contributed by atoms with Gasteiger partial charge < -0.3 is 14.0 Å². The number of benzene rings is 1. The minimum Gasteiger partial charge on any atom is -0.302 e. The second kappa shape index (κ2) is 6.57. The molecule has 10 heteroatoms. The normalized spacial score (nSPS) is 14.2. The van der Waals surface area contributed by atoms with Gasteiger partial charge in [0.25, 0.3) is 11.5 Å². The molecule has 0 bridgehead atoms. The lowest BCUT2D eigenvalue weighted by molar-refractivity contribution is -0.139. The zero-order chi connectivity index (χ0) is 20.9. The number of amides is 1. The number of aryl methyl sites for hydroxylation is 1. The zero-order valence-electron chi connectivity index (χ0n) is 15.1. The molecule has 1 aromatic carbocycles. The molecular formula is C19H14F4N4O2. The smallest absolute Gasteiger partial charge is 0.302 e. The fourth-order valence-electron chi connectivity index (χ4n) is 3.34. The van der Waals surface area contributed by atoms with Crippen molar-refractivity contribution >= 4 is 11.6 Å². The molecule has 0 radical (unpaired) electrons. The lowest BCUT2D eigenvalue weighted by Crippen LogP contribution is -2.45. The summed E-state index contributed by atoms with van der Waals surface area (Å²) in [5.41, 5.74) is -1.42. The zero-order valence-corrected chi connectivity index (χ0v) is 15.1. The van der Waals surface area contributed by atoms with Gasteiger partial charge in [-0.1, -0.05) is 6.07 Å². The van der Waals surface area contributed by atoms with Crippen molar-refractivity contribution in [3.05, 3.63) is 76.0 Å². The van der Waals surface area contributed by atoms with E-state index in [1.165, 1.54) is 27.6 Å². The first-order valence-corrected chi connectivity index (χ1v) is 8.61. The highest BCUT2D eigenvalue weighted by molar-refractivity contribution is 6.05. The summed E-state index contributed by atoms with van der Waals surface area (Å²) in [7, 11) is 0. The average molecular weight is 406 g/mol. The van der Waals surface area contributed by atoms with Crippen LogP contribution in [0.15, 0.2) is 47.7 Å². The van der Waals surface area contributed by atoms with Gasteiger partial charge in [-0.3, -0.25) is 9.59 Å². The molecule has 1 aliphatic rings. The van der Waals surface area contributed by atoms with Crippen molar-refractivity contribution in [1.29, 1.82) is 0 Å². The Kier molecular flexibility index (Phi) is 4.29. The third-order valence-electron chi connectivity index (χ3n) is 4.73. The van der Waals surface area contributed by atoms with Crippen molar-refractivity contribution in [1.82, 2.24) is 14.1 Å². The number of nitrogens with zero attached hydrogens (tertiary/aromatic N) is 4. The molecule has 0 atom stereocenters. The van der Waals surface area contributed by atoms with Crippen molar-refractivity contribution in [2.75, 3.05) is 11.4 Å². The van der Waals surface area contributed by atoms with E-state index in [0.717, 1.165) is 17.0 Å². The van der Waals surface area contributed by atoms with Gasteiger partial charge >= 0.3 is 6.18 Å². The third-order valence-corrected chi connectivity index (χ3v) is 4.73. The van der Waals surface area contributed by atoms with E-state index < -0.39 is 34.7 Å². The highest BCUT2D eigenvalue weighted by Gasteiger charge is 2.37. The van der Waals surface area contributed by atoms with Gasteiger partial charge in [0.15, 0.2) is 5.82 Å². The monoisotopic (exact) mass is 406 g/mol. The maximum Gasteiger partial charge on any atom is 0.419 e. The van der Waals surface area contributed by atoms with Crippen molar-refractivity contribution in [2.45, 2.75) is 19.6 Å². The first-order chi connectivity index (χ1) is 13.7. The predicted octanol–water partition coefficient (Wildman–Crippen LogP) is 3.16. The van der Waals surface area contributed by atoms with Crippen LogP contribution in [-0.2, 0) is 12.7 Å². The maximum atomic E-state index is 14.5. The minimum absolute atomic E-state index is 0.0110. The molecule has 0 fully saturated rings. The number of aromatic nitrogens is 3. The molecule has 3 heterocycles. The number of rotatable bonds is 2. The number of fused-ring (bicyclic) bond motifs is 1. The van der Waals surface area contributed by atoms with Crippen LogP contribution in [0.25, 0.3) is 5.69 Å². The van der Waals surface area contributed by atoms with Crippen LogP contribution in [0.4, 0.5) is 23.2 Å². The van der Waals surface area contributed by atoms with E-state index in [1.54, 1.807) is 13.1 Å². The van der Waals surface area contributed by atoms with E-state index in [1.807, 2.05) is 0 Å². The van der Waals surface area contributed by atoms with Crippen molar-refractivity contribution in [2.24, 2.45) is 0 Å². The number of anilines is 1. The highest BCUT2D eigenvalue weighted by Crippen LogP contribution is 2.35. The molecular weight excluding hydrogens is 392 g/mol. The summed E-state index contributed by atoms with van der Waals surface area (Å²) in [6, 6.07) is 5.59. The molecule has 6 nitrogen and oxygen atoms in total. The maximum absolute atomic E-state index is 14.5. The quantitative estimate of drug-likeness (QED) is 0.615. The van der Waals surface area contributed by atoms with Gasteiger partial charge in [-0.25, -0.2) is 9.37 Å². The Balaban J connectivity index is 1.76. The number of hydrogen-bond acceptors (Lipinski definition) is 3. The lowest BCUT2D eigenvalue weighted by atomic mass is 10.1. The minimum atomic E-state index is -4.88. The van der Waals surface area contributed by atoms with E-state index >= 15 is 0 Å². The molecule has 1 aliphatic heterocycles. The number of carbonyl (C=O) groups is 1. The standard InChI is InChI=1S/C19H14F4N4O2/c1-11-9-25(10-24-11)14-5-6-15-18(29)26(7-8-27(15)17(14)28)13-4-2-3-12(16(13)20)19(21,22)23/h2-6,9-10H,7-8H2,1H3. The lowest BCUT2D eigenvalue weighted by Gasteiger charge is -2.30. The molecule has 1 amide bonds. The Morgan fingerprint density at radius 2 is 1.79 bits per heavy atom. The Morgan fingerprint density at radius 1 is 1.03 bits per heavy atom. The Hall–Kier alpha value is -3.43. The third kappa shape index (κ3) is 3.10. The summed E-state index contributed by atoms with van der Waals surface area (Å²) in [6.45, 7) is 1.63. The van der Waals surface area contributed by atoms with Crippen LogP contribution in [0, 0.1) is 12.7 Å². The summed E-state index contributed by atoms with van der Waals surface area (Å²) >= 11 is 0. The summed E-state index contributed by atoms with van der Waals surface area (Å²) in [6.07, 6.45) is -1.77. The molecule has 2 aromatic heterocycles. The fraction of sp³-hybridized carbons (Fsp3) is 0.211. The number of imidazole rings is 1. The fourth-order valence-corrected chi connectivity index (χ4v) is 3.34. The van der Waals surface area contributed by atoms with Gasteiger partial charge in [0.05, 0.1) is 23.3 Å². The molecule has 0 aliphatic carbocycles. The van der Waals surface area contributed by atoms with Crippen molar-refractivity contribution < 1.29 is 22.4 Å². The topological polar surface area (TPSA) is 60.1 Å². The summed E-state index contributed by atoms with van der Waals surface area (Å²) < 4.78 is 56.2. The van der Waals surface area contributed by atoms with Crippen LogP contribution < -0.4 is 10.5 Å². The molecule has 0 saturated carbocycles. The highest BCUT2D eigenvalue weighted by atomic mass is 19.4. The van der Waals surface area contributed by atoms with Gasteiger partial charge in [0, 0.05) is 19.3 Å². The first-order valence-electron chi connectivity index (χ1n) is 8.61. The molecule has 3 aromatic rings. The molecule has 29 heavy (non-hydrogen) atoms. The van der Waals surface area contributed by atoms with Crippen LogP contribution >= 0.6 is 0 Å². The second-order valence-electron chi connectivity index (χ2n) is 6.58. The molecule has 150 valence electrons. The Morgan fingerprint density at radius 3 is 2.45 bits per heavy atom. The second-order valence-corrected chi connectivity index (χ2v) is 6.58. The van der Waals surface area contributed by atoms with Crippen LogP contribution in [-0.4, -0.2) is 26.6 Å². The number of pyridine rings is 1. The SMILES string of the molecule is Cc1cn(-c2ccc3n(c2=O)CCN(c2cccc(C(F)(F)F)c2F)C3=O)cn1. The number of carbonyl (C=O) groups excluding carboxylic acids is 1. The van der Waals surface area contributed by atoms with Crippen LogP contribution in [0.1, 0.15) is 21.7 Å². The van der Waals surface area contributed by atoms with Gasteiger partial charge in [-0.05, 0) is 31.2 Å². The number of alkyl halides is 3. The first kappa shape index (κ1) is 18.9. The molecule has 0 N–H and O–H groups in total. The van der Waals surface area contributed by atoms with Crippen LogP contribution in [0.5, 0.6) is 0 Å². The molecule has 0 unspecified atom stereocenters. The largest absolute Gasteiger partial charge is 0.419 e. The summed E-state index contributed by atoms with van der Waals surface area (Å²) in [5.74, 6) is -2.27. The Bertz CT molecular complexity index is 1180. The van der Waals surface area contributed by atoms with Crippen LogP contribution in [0.3, 0.4) is 0 Å². The number of hydrogen-bond donors (Lipinski definition) is 0. The molecule has 0 saturated heterocycles. The molecule has 4 rings (SSSR count).